The summed E-state index contributed by atoms with van der Waals surface area (Å²) in [6.07, 6.45) is 5.47. The fourth-order valence-electron chi connectivity index (χ4n) is 2.07. The van der Waals surface area contributed by atoms with Crippen LogP contribution in [0, 0.1) is 0 Å². The number of ether oxygens (including phenoxy) is 1. The van der Waals surface area contributed by atoms with E-state index >= 15 is 0 Å². The minimum absolute atomic E-state index is 0.0153. The number of nitrogens with zero attached hydrogens (tertiary/aromatic N) is 2. The quantitative estimate of drug-likeness (QED) is 0.732. The lowest BCUT2D eigenvalue weighted by molar-refractivity contribution is -0.152. The number of esters is 1. The van der Waals surface area contributed by atoms with Crippen molar-refractivity contribution >= 4 is 5.97 Å². The van der Waals surface area contributed by atoms with Gasteiger partial charge in [-0.3, -0.25) is 4.79 Å². The first-order valence-electron chi connectivity index (χ1n) is 6.27. The largest absolute Gasteiger partial charge is 0.461 e. The summed E-state index contributed by atoms with van der Waals surface area (Å²) >= 11 is 0. The molecule has 0 saturated carbocycles. The van der Waals surface area contributed by atoms with Crippen molar-refractivity contribution in [1.82, 2.24) is 14.9 Å². The highest BCUT2D eigenvalue weighted by atomic mass is 16.5. The van der Waals surface area contributed by atoms with Crippen LogP contribution < -0.4 is 5.73 Å². The Morgan fingerprint density at radius 3 is 3.00 bits per heavy atom. The Labute approximate surface area is 107 Å². The second-order valence-corrected chi connectivity index (χ2v) is 4.83. The summed E-state index contributed by atoms with van der Waals surface area (Å²) in [5, 5.41) is 0. The molecule has 18 heavy (non-hydrogen) atoms. The number of carbonyl (C=O) groups excluding carboxylic acids is 1. The van der Waals surface area contributed by atoms with E-state index < -0.39 is 6.04 Å². The van der Waals surface area contributed by atoms with Crippen LogP contribution >= 0.6 is 0 Å². The summed E-state index contributed by atoms with van der Waals surface area (Å²) in [5.74, 6) is -0.320. The number of likely N-dealkylation sites (tertiary alicyclic amines) is 1. The molecule has 1 aromatic heterocycles. The molecule has 0 amide bonds. The summed E-state index contributed by atoms with van der Waals surface area (Å²) in [7, 11) is 2.07. The van der Waals surface area contributed by atoms with E-state index in [9.17, 15) is 4.79 Å². The topological polar surface area (TPSA) is 84.2 Å². The van der Waals surface area contributed by atoms with Crippen molar-refractivity contribution in [2.45, 2.75) is 31.4 Å². The van der Waals surface area contributed by atoms with Gasteiger partial charge in [0.2, 0.25) is 0 Å². The Hall–Kier alpha value is -1.40. The second kappa shape index (κ2) is 5.97. The smallest absolute Gasteiger partial charge is 0.323 e. The Morgan fingerprint density at radius 1 is 1.67 bits per heavy atom. The summed E-state index contributed by atoms with van der Waals surface area (Å²) in [5.41, 5.74) is 6.67. The maximum absolute atomic E-state index is 11.8. The van der Waals surface area contributed by atoms with Crippen LogP contribution in [0.15, 0.2) is 12.5 Å². The number of piperidine rings is 1. The zero-order chi connectivity index (χ0) is 13.0. The zero-order valence-electron chi connectivity index (χ0n) is 10.6. The minimum Gasteiger partial charge on any atom is -0.461 e. The normalized spacial score (nSPS) is 19.7. The lowest BCUT2D eigenvalue weighted by Gasteiger charge is -2.29. The van der Waals surface area contributed by atoms with Crippen molar-refractivity contribution in [3.8, 4) is 0 Å². The molecule has 6 heteroatoms. The van der Waals surface area contributed by atoms with Crippen molar-refractivity contribution in [1.29, 1.82) is 0 Å². The molecule has 0 aromatic carbocycles. The second-order valence-electron chi connectivity index (χ2n) is 4.83. The summed E-state index contributed by atoms with van der Waals surface area (Å²) in [6.45, 7) is 1.93. The van der Waals surface area contributed by atoms with Crippen LogP contribution in [0.5, 0.6) is 0 Å². The zero-order valence-corrected chi connectivity index (χ0v) is 10.6. The number of aromatic amines is 1. The van der Waals surface area contributed by atoms with Gasteiger partial charge in [0.05, 0.1) is 6.33 Å². The molecule has 1 aliphatic heterocycles. The third-order valence-corrected chi connectivity index (χ3v) is 3.25. The standard InChI is InChI=1S/C12H20N4O2/c1-16-4-2-10(3-5-16)18-12(17)11(13)6-9-7-14-8-15-9/h7-8,10-11H,2-6,13H2,1H3,(H,14,15)/t11-/m0/s1. The van der Waals surface area contributed by atoms with Gasteiger partial charge in [0.1, 0.15) is 12.1 Å². The van der Waals surface area contributed by atoms with Crippen molar-refractivity contribution in [3.63, 3.8) is 0 Å². The molecule has 0 aliphatic carbocycles. The van der Waals surface area contributed by atoms with E-state index in [1.54, 1.807) is 12.5 Å². The fraction of sp³-hybridized carbons (Fsp3) is 0.667. The molecular weight excluding hydrogens is 232 g/mol. The van der Waals surface area contributed by atoms with Gasteiger partial charge in [-0.15, -0.1) is 0 Å². The van der Waals surface area contributed by atoms with Gasteiger partial charge in [-0.25, -0.2) is 4.98 Å². The third kappa shape index (κ3) is 3.54. The Kier molecular flexibility index (Phi) is 4.33. The number of aromatic nitrogens is 2. The van der Waals surface area contributed by atoms with Gasteiger partial charge < -0.3 is 20.4 Å². The molecule has 1 atom stereocenters. The summed E-state index contributed by atoms with van der Waals surface area (Å²) in [6, 6.07) is -0.620. The molecule has 1 fully saturated rings. The van der Waals surface area contributed by atoms with Crippen LogP contribution in [0.3, 0.4) is 0 Å². The molecule has 100 valence electrons. The van der Waals surface area contributed by atoms with E-state index in [4.69, 9.17) is 10.5 Å². The lowest BCUT2D eigenvalue weighted by Crippen LogP contribution is -2.40. The molecular formula is C12H20N4O2. The molecule has 3 N–H and O–H groups in total. The summed E-state index contributed by atoms with van der Waals surface area (Å²) < 4.78 is 5.43. The van der Waals surface area contributed by atoms with Gasteiger partial charge in [-0.1, -0.05) is 0 Å². The van der Waals surface area contributed by atoms with Crippen LogP contribution in [0.4, 0.5) is 0 Å². The lowest BCUT2D eigenvalue weighted by atomic mass is 10.1. The summed E-state index contributed by atoms with van der Waals surface area (Å²) in [4.78, 5) is 20.9. The number of carbonyl (C=O) groups is 1. The van der Waals surface area contributed by atoms with E-state index in [2.05, 4.69) is 21.9 Å². The molecule has 1 saturated heterocycles. The van der Waals surface area contributed by atoms with Crippen LogP contribution in [0.25, 0.3) is 0 Å². The Balaban J connectivity index is 1.77. The number of rotatable bonds is 4. The van der Waals surface area contributed by atoms with Crippen molar-refractivity contribution < 1.29 is 9.53 Å². The molecule has 0 bridgehead atoms. The van der Waals surface area contributed by atoms with Gasteiger partial charge >= 0.3 is 5.97 Å². The van der Waals surface area contributed by atoms with Crippen LogP contribution in [-0.2, 0) is 16.0 Å². The number of H-pyrrole nitrogens is 1. The first-order chi connectivity index (χ1) is 8.65. The molecule has 1 aromatic rings. The maximum Gasteiger partial charge on any atom is 0.323 e. The van der Waals surface area contributed by atoms with E-state index in [-0.39, 0.29) is 12.1 Å². The first-order valence-corrected chi connectivity index (χ1v) is 6.27. The van der Waals surface area contributed by atoms with E-state index in [0.29, 0.717) is 6.42 Å². The average molecular weight is 252 g/mol. The number of hydrogen-bond acceptors (Lipinski definition) is 5. The maximum atomic E-state index is 11.8. The molecule has 2 heterocycles. The minimum atomic E-state index is -0.620. The van der Waals surface area contributed by atoms with E-state index in [1.165, 1.54) is 0 Å². The van der Waals surface area contributed by atoms with Gasteiger partial charge in [0.15, 0.2) is 0 Å². The molecule has 0 unspecified atom stereocenters. The number of hydrogen-bond donors (Lipinski definition) is 2. The monoisotopic (exact) mass is 252 g/mol. The SMILES string of the molecule is CN1CCC(OC(=O)[C@@H](N)Cc2cnc[nH]2)CC1. The van der Waals surface area contributed by atoms with Gasteiger partial charge in [0.25, 0.3) is 0 Å². The highest BCUT2D eigenvalue weighted by molar-refractivity contribution is 5.76. The molecule has 1 aliphatic rings. The Bertz CT molecular complexity index is 371. The Morgan fingerprint density at radius 2 is 2.39 bits per heavy atom. The predicted molar refractivity (Wildman–Crippen MR) is 66.9 cm³/mol. The van der Waals surface area contributed by atoms with Gasteiger partial charge in [0, 0.05) is 31.4 Å². The van der Waals surface area contributed by atoms with Gasteiger partial charge in [-0.2, -0.15) is 0 Å². The third-order valence-electron chi connectivity index (χ3n) is 3.25. The van der Waals surface area contributed by atoms with E-state index in [0.717, 1.165) is 31.6 Å². The van der Waals surface area contributed by atoms with Crippen LogP contribution in [0.1, 0.15) is 18.5 Å². The van der Waals surface area contributed by atoms with Crippen molar-refractivity contribution in [3.05, 3.63) is 18.2 Å². The number of nitrogens with two attached hydrogens (primary N) is 1. The van der Waals surface area contributed by atoms with Gasteiger partial charge in [-0.05, 0) is 19.9 Å². The first kappa shape index (κ1) is 13.0. The van der Waals surface area contributed by atoms with Crippen LogP contribution in [0.2, 0.25) is 0 Å². The highest BCUT2D eigenvalue weighted by Gasteiger charge is 2.23. The van der Waals surface area contributed by atoms with Crippen molar-refractivity contribution in [2.75, 3.05) is 20.1 Å². The fourth-order valence-corrected chi connectivity index (χ4v) is 2.07. The highest BCUT2D eigenvalue weighted by Crippen LogP contribution is 2.13. The molecule has 0 radical (unpaired) electrons. The average Bonchev–Trinajstić information content (AvgIpc) is 2.85. The van der Waals surface area contributed by atoms with Crippen molar-refractivity contribution in [2.24, 2.45) is 5.73 Å². The molecule has 0 spiro atoms. The molecule has 2 rings (SSSR count). The molecule has 6 nitrogen and oxygen atoms in total. The predicted octanol–water partition coefficient (Wildman–Crippen LogP) is -0.0831. The van der Waals surface area contributed by atoms with E-state index in [1.807, 2.05) is 0 Å². The number of imidazole rings is 1. The number of nitrogens with one attached hydrogen (secondary N) is 1. The van der Waals surface area contributed by atoms with Crippen LogP contribution in [-0.4, -0.2) is 53.1 Å².